The van der Waals surface area contributed by atoms with E-state index in [1.165, 1.54) is 6.42 Å². The average molecular weight is 307 g/mol. The second kappa shape index (κ2) is 7.02. The first-order valence-corrected chi connectivity index (χ1v) is 8.04. The highest BCUT2D eigenvalue weighted by Gasteiger charge is 2.23. The van der Waals surface area contributed by atoms with Crippen LogP contribution in [0.4, 0.5) is 11.8 Å². The minimum Gasteiger partial charge on any atom is -0.363 e. The van der Waals surface area contributed by atoms with Crippen molar-refractivity contribution in [3.05, 3.63) is 11.8 Å². The maximum Gasteiger partial charge on any atom is 0.231 e. The van der Waals surface area contributed by atoms with Gasteiger partial charge in [-0.3, -0.25) is 0 Å². The predicted molar refractivity (Wildman–Crippen MR) is 91.8 cm³/mol. The molecule has 0 aromatic carbocycles. The number of nitrogens with one attached hydrogen (secondary N) is 2. The Hall–Kier alpha value is -1.43. The molecule has 0 spiro atoms. The minimum absolute atomic E-state index is 0.564. The Kier molecular flexibility index (Phi) is 5.33. The van der Waals surface area contributed by atoms with Crippen LogP contribution in [0.2, 0.25) is 0 Å². The molecule has 0 unspecified atom stereocenters. The topological polar surface area (TPSA) is 53.1 Å². The van der Waals surface area contributed by atoms with Crippen molar-refractivity contribution in [1.29, 1.82) is 0 Å². The summed E-state index contributed by atoms with van der Waals surface area (Å²) in [4.78, 5) is 11.4. The Morgan fingerprint density at radius 3 is 2.62 bits per heavy atom. The lowest BCUT2D eigenvalue weighted by atomic mass is 9.92. The van der Waals surface area contributed by atoms with Gasteiger partial charge in [0, 0.05) is 31.4 Å². The van der Waals surface area contributed by atoms with Gasteiger partial charge >= 0.3 is 0 Å². The van der Waals surface area contributed by atoms with Crippen LogP contribution < -0.4 is 15.5 Å². The molecule has 0 aliphatic carbocycles. The molecule has 0 amide bonds. The van der Waals surface area contributed by atoms with Crippen LogP contribution in [0.3, 0.4) is 0 Å². The maximum atomic E-state index is 5.20. The molecular weight excluding hydrogens is 282 g/mol. The van der Waals surface area contributed by atoms with Crippen LogP contribution in [-0.4, -0.2) is 34.7 Å². The highest BCUT2D eigenvalue weighted by molar-refractivity contribution is 7.80. The smallest absolute Gasteiger partial charge is 0.231 e. The van der Waals surface area contributed by atoms with E-state index in [-0.39, 0.29) is 0 Å². The van der Waals surface area contributed by atoms with E-state index < -0.39 is 0 Å². The number of aromatic nitrogens is 2. The molecule has 1 aromatic heterocycles. The summed E-state index contributed by atoms with van der Waals surface area (Å²) in [6.45, 7) is 11.5. The highest BCUT2D eigenvalue weighted by atomic mass is 32.1. The van der Waals surface area contributed by atoms with E-state index in [1.54, 1.807) is 0 Å². The molecule has 0 saturated carbocycles. The quantitative estimate of drug-likeness (QED) is 0.837. The van der Waals surface area contributed by atoms with E-state index in [2.05, 4.69) is 39.3 Å². The van der Waals surface area contributed by atoms with Gasteiger partial charge < -0.3 is 15.5 Å². The molecule has 1 aliphatic heterocycles. The Bertz CT molecular complexity index is 495. The summed E-state index contributed by atoms with van der Waals surface area (Å²) in [7, 11) is 0. The van der Waals surface area contributed by atoms with Crippen molar-refractivity contribution >= 4 is 29.1 Å². The van der Waals surface area contributed by atoms with Crippen molar-refractivity contribution in [2.45, 2.75) is 34.1 Å². The van der Waals surface area contributed by atoms with Crippen molar-refractivity contribution in [3.63, 3.8) is 0 Å². The number of rotatable bonds is 3. The fraction of sp³-hybridized carbons (Fsp3) is 0.667. The first-order chi connectivity index (χ1) is 9.97. The third-order valence-electron chi connectivity index (χ3n) is 3.60. The van der Waals surface area contributed by atoms with Gasteiger partial charge in [0.2, 0.25) is 5.95 Å². The van der Waals surface area contributed by atoms with E-state index >= 15 is 0 Å². The first kappa shape index (κ1) is 15.9. The van der Waals surface area contributed by atoms with Crippen molar-refractivity contribution in [3.8, 4) is 0 Å². The van der Waals surface area contributed by atoms with Crippen LogP contribution in [0.5, 0.6) is 0 Å². The average Bonchev–Trinajstić information content (AvgIpc) is 2.37. The second-order valence-corrected chi connectivity index (χ2v) is 6.43. The standard InChI is InChI=1S/C15H25N5S/c1-5-16-15(21)19-14-17-12(4)7-13(18-14)20-8-10(2)6-11(3)9-20/h7,10-11H,5-6,8-9H2,1-4H3,(H2,16,17,18,19,21)/t10-,11-/m1/s1. The summed E-state index contributed by atoms with van der Waals surface area (Å²) >= 11 is 5.20. The number of nitrogens with zero attached hydrogens (tertiary/aromatic N) is 3. The molecule has 2 N–H and O–H groups in total. The summed E-state index contributed by atoms with van der Waals surface area (Å²) in [5.74, 6) is 2.95. The van der Waals surface area contributed by atoms with Crippen LogP contribution in [0.1, 0.15) is 32.9 Å². The molecule has 2 rings (SSSR count). The van der Waals surface area contributed by atoms with Gasteiger partial charge in [-0.2, -0.15) is 4.98 Å². The Morgan fingerprint density at radius 2 is 2.00 bits per heavy atom. The Labute approximate surface area is 132 Å². The molecular formula is C15H25N5S. The van der Waals surface area contributed by atoms with Crippen molar-refractivity contribution in [1.82, 2.24) is 15.3 Å². The van der Waals surface area contributed by atoms with E-state index in [9.17, 15) is 0 Å². The van der Waals surface area contributed by atoms with Crippen LogP contribution in [0, 0.1) is 18.8 Å². The molecule has 6 heteroatoms. The van der Waals surface area contributed by atoms with E-state index in [0.29, 0.717) is 22.9 Å². The summed E-state index contributed by atoms with van der Waals surface area (Å²) in [5, 5.41) is 6.67. The second-order valence-electron chi connectivity index (χ2n) is 6.03. The summed E-state index contributed by atoms with van der Waals surface area (Å²) in [5.41, 5.74) is 0.952. The minimum atomic E-state index is 0.564. The molecule has 2 atom stereocenters. The van der Waals surface area contributed by atoms with E-state index in [0.717, 1.165) is 31.1 Å². The fourth-order valence-electron chi connectivity index (χ4n) is 2.93. The Morgan fingerprint density at radius 1 is 1.33 bits per heavy atom. The number of anilines is 2. The van der Waals surface area contributed by atoms with E-state index in [4.69, 9.17) is 12.2 Å². The normalized spacial score (nSPS) is 22.0. The number of thiocarbonyl (C=S) groups is 1. The number of hydrogen-bond acceptors (Lipinski definition) is 4. The molecule has 21 heavy (non-hydrogen) atoms. The zero-order valence-electron chi connectivity index (χ0n) is 13.3. The van der Waals surface area contributed by atoms with Gasteiger partial charge in [-0.25, -0.2) is 4.98 Å². The molecule has 1 aliphatic rings. The number of piperidine rings is 1. The molecule has 1 saturated heterocycles. The lowest BCUT2D eigenvalue weighted by molar-refractivity contribution is 0.355. The van der Waals surface area contributed by atoms with Gasteiger partial charge in [0.1, 0.15) is 5.82 Å². The first-order valence-electron chi connectivity index (χ1n) is 7.63. The van der Waals surface area contributed by atoms with Crippen LogP contribution in [0.25, 0.3) is 0 Å². The summed E-state index contributed by atoms with van der Waals surface area (Å²) in [6, 6.07) is 2.05. The fourth-order valence-corrected chi connectivity index (χ4v) is 3.16. The van der Waals surface area contributed by atoms with Gasteiger partial charge in [-0.1, -0.05) is 13.8 Å². The van der Waals surface area contributed by atoms with Crippen molar-refractivity contribution < 1.29 is 0 Å². The maximum absolute atomic E-state index is 5.20. The number of aryl methyl sites for hydroxylation is 1. The van der Waals surface area contributed by atoms with Crippen molar-refractivity contribution in [2.75, 3.05) is 29.9 Å². The predicted octanol–water partition coefficient (Wildman–Crippen LogP) is 2.57. The molecule has 2 heterocycles. The zero-order chi connectivity index (χ0) is 15.4. The lowest BCUT2D eigenvalue weighted by Crippen LogP contribution is -2.39. The van der Waals surface area contributed by atoms with Crippen molar-refractivity contribution in [2.24, 2.45) is 11.8 Å². The summed E-state index contributed by atoms with van der Waals surface area (Å²) in [6.07, 6.45) is 1.29. The third kappa shape index (κ3) is 4.52. The largest absolute Gasteiger partial charge is 0.363 e. The van der Waals surface area contributed by atoms with Crippen LogP contribution in [-0.2, 0) is 0 Å². The SMILES string of the molecule is CCNC(=S)Nc1nc(C)cc(N2C[C@H](C)C[C@@H](C)C2)n1. The van der Waals surface area contributed by atoms with Gasteiger partial charge in [0.05, 0.1) is 0 Å². The zero-order valence-corrected chi connectivity index (χ0v) is 14.1. The van der Waals surface area contributed by atoms with Gasteiger partial charge in [0.15, 0.2) is 5.11 Å². The van der Waals surface area contributed by atoms with Gasteiger partial charge in [-0.15, -0.1) is 0 Å². The molecule has 116 valence electrons. The lowest BCUT2D eigenvalue weighted by Gasteiger charge is -2.36. The van der Waals surface area contributed by atoms with Gasteiger partial charge in [0.25, 0.3) is 0 Å². The summed E-state index contributed by atoms with van der Waals surface area (Å²) < 4.78 is 0. The molecule has 1 aromatic rings. The highest BCUT2D eigenvalue weighted by Crippen LogP contribution is 2.25. The Balaban J connectivity index is 2.16. The molecule has 1 fully saturated rings. The van der Waals surface area contributed by atoms with Crippen LogP contribution >= 0.6 is 12.2 Å². The number of hydrogen-bond donors (Lipinski definition) is 2. The molecule has 0 bridgehead atoms. The third-order valence-corrected chi connectivity index (χ3v) is 3.84. The van der Waals surface area contributed by atoms with E-state index in [1.807, 2.05) is 19.9 Å². The monoisotopic (exact) mass is 307 g/mol. The molecule has 0 radical (unpaired) electrons. The van der Waals surface area contributed by atoms with Crippen LogP contribution in [0.15, 0.2) is 6.07 Å². The van der Waals surface area contributed by atoms with Gasteiger partial charge in [-0.05, 0) is 44.3 Å². The molecule has 5 nitrogen and oxygen atoms in total.